The van der Waals surface area contributed by atoms with E-state index in [4.69, 9.17) is 14.0 Å². The summed E-state index contributed by atoms with van der Waals surface area (Å²) in [5.41, 5.74) is -0.631. The van der Waals surface area contributed by atoms with Crippen LogP contribution in [0.1, 0.15) is 51.2 Å². The fraction of sp³-hybridized carbons (Fsp3) is 0.857. The van der Waals surface area contributed by atoms with Gasteiger partial charge in [-0.3, -0.25) is 0 Å². The van der Waals surface area contributed by atoms with E-state index in [1.165, 1.54) is 0 Å². The third-order valence-corrected chi connectivity index (χ3v) is 4.40. The molecule has 6 nitrogen and oxygen atoms in total. The number of hydrogen-bond acceptors (Lipinski definition) is 6. The van der Waals surface area contributed by atoms with Crippen LogP contribution in [-0.4, -0.2) is 36.5 Å². The largest absolute Gasteiger partial charge is 0.381 e. The molecule has 3 rings (SSSR count). The SMILES string of the molecule is CCOC1(c2noc(C3(C)CCCN3)n2)CCOCC1. The molecule has 1 atom stereocenters. The van der Waals surface area contributed by atoms with Crippen molar-refractivity contribution < 1.29 is 14.0 Å². The molecule has 1 unspecified atom stereocenters. The summed E-state index contributed by atoms with van der Waals surface area (Å²) in [4.78, 5) is 4.66. The zero-order valence-electron chi connectivity index (χ0n) is 12.3. The third kappa shape index (κ3) is 2.36. The lowest BCUT2D eigenvalue weighted by Gasteiger charge is -2.33. The highest BCUT2D eigenvalue weighted by Gasteiger charge is 2.42. The standard InChI is InChI=1S/C14H23N3O3/c1-3-19-14(6-9-18-10-7-14)11-16-12(20-17-11)13(2)5-4-8-15-13/h15H,3-10H2,1-2H3. The number of nitrogens with one attached hydrogen (secondary N) is 1. The van der Waals surface area contributed by atoms with E-state index >= 15 is 0 Å². The number of nitrogens with zero attached hydrogens (tertiary/aromatic N) is 2. The number of hydrogen-bond donors (Lipinski definition) is 1. The van der Waals surface area contributed by atoms with Gasteiger partial charge in [0, 0.05) is 32.7 Å². The summed E-state index contributed by atoms with van der Waals surface area (Å²) in [6.07, 6.45) is 3.73. The Labute approximate surface area is 119 Å². The van der Waals surface area contributed by atoms with Crippen LogP contribution < -0.4 is 5.32 Å². The first-order chi connectivity index (χ1) is 9.69. The monoisotopic (exact) mass is 281 g/mol. The topological polar surface area (TPSA) is 69.4 Å². The second-order valence-corrected chi connectivity index (χ2v) is 5.83. The van der Waals surface area contributed by atoms with Crippen molar-refractivity contribution in [2.45, 2.75) is 50.7 Å². The maximum atomic E-state index is 5.98. The first-order valence-electron chi connectivity index (χ1n) is 7.50. The Morgan fingerprint density at radius 2 is 2.10 bits per heavy atom. The minimum atomic E-state index is -0.441. The lowest BCUT2D eigenvalue weighted by molar-refractivity contribution is -0.118. The van der Waals surface area contributed by atoms with Gasteiger partial charge >= 0.3 is 0 Å². The van der Waals surface area contributed by atoms with E-state index in [0.717, 1.165) is 32.2 Å². The highest BCUT2D eigenvalue weighted by Crippen LogP contribution is 2.36. The van der Waals surface area contributed by atoms with Crippen molar-refractivity contribution in [1.29, 1.82) is 0 Å². The molecule has 1 aromatic heterocycles. The Kier molecular flexibility index (Phi) is 3.79. The van der Waals surface area contributed by atoms with E-state index in [-0.39, 0.29) is 5.54 Å². The molecule has 112 valence electrons. The summed E-state index contributed by atoms with van der Waals surface area (Å²) < 4.78 is 17.0. The number of rotatable bonds is 4. The maximum Gasteiger partial charge on any atom is 0.246 e. The molecule has 0 amide bonds. The fourth-order valence-corrected chi connectivity index (χ4v) is 3.12. The molecule has 6 heteroatoms. The Bertz CT molecular complexity index is 443. The molecule has 2 saturated heterocycles. The van der Waals surface area contributed by atoms with Gasteiger partial charge in [0.1, 0.15) is 5.60 Å². The Hall–Kier alpha value is -0.980. The molecule has 0 spiro atoms. The Morgan fingerprint density at radius 3 is 2.75 bits per heavy atom. The van der Waals surface area contributed by atoms with Gasteiger partial charge in [-0.1, -0.05) is 5.16 Å². The van der Waals surface area contributed by atoms with E-state index in [1.807, 2.05) is 6.92 Å². The predicted molar refractivity (Wildman–Crippen MR) is 72.2 cm³/mol. The molecular formula is C14H23N3O3. The summed E-state index contributed by atoms with van der Waals surface area (Å²) in [6.45, 7) is 7.11. The van der Waals surface area contributed by atoms with E-state index in [0.29, 0.717) is 31.5 Å². The molecule has 2 aliphatic heterocycles. The van der Waals surface area contributed by atoms with Gasteiger partial charge in [0.25, 0.3) is 0 Å². The lowest BCUT2D eigenvalue weighted by Crippen LogP contribution is -2.38. The molecule has 2 fully saturated rings. The van der Waals surface area contributed by atoms with E-state index in [9.17, 15) is 0 Å². The summed E-state index contributed by atoms with van der Waals surface area (Å²) in [5.74, 6) is 1.35. The third-order valence-electron chi connectivity index (χ3n) is 4.40. The van der Waals surface area contributed by atoms with Crippen molar-refractivity contribution in [3.63, 3.8) is 0 Å². The Morgan fingerprint density at radius 1 is 1.30 bits per heavy atom. The van der Waals surface area contributed by atoms with Gasteiger partial charge in [-0.25, -0.2) is 0 Å². The summed E-state index contributed by atoms with van der Waals surface area (Å²) >= 11 is 0. The fourth-order valence-electron chi connectivity index (χ4n) is 3.12. The minimum Gasteiger partial charge on any atom is -0.381 e. The first kappa shape index (κ1) is 14.0. The van der Waals surface area contributed by atoms with Crippen LogP contribution >= 0.6 is 0 Å². The van der Waals surface area contributed by atoms with E-state index < -0.39 is 5.60 Å². The van der Waals surface area contributed by atoms with Crippen molar-refractivity contribution in [3.8, 4) is 0 Å². The van der Waals surface area contributed by atoms with Crippen molar-refractivity contribution in [2.75, 3.05) is 26.4 Å². The second kappa shape index (κ2) is 5.42. The van der Waals surface area contributed by atoms with Crippen LogP contribution in [0.25, 0.3) is 0 Å². The van der Waals surface area contributed by atoms with Crippen LogP contribution in [0.5, 0.6) is 0 Å². The van der Waals surface area contributed by atoms with Gasteiger partial charge in [-0.15, -0.1) is 0 Å². The summed E-state index contributed by atoms with van der Waals surface area (Å²) in [6, 6.07) is 0. The summed E-state index contributed by atoms with van der Waals surface area (Å²) in [7, 11) is 0. The van der Waals surface area contributed by atoms with Crippen LogP contribution in [0, 0.1) is 0 Å². The quantitative estimate of drug-likeness (QED) is 0.906. The minimum absolute atomic E-state index is 0.191. The predicted octanol–water partition coefficient (Wildman–Crippen LogP) is 1.71. The van der Waals surface area contributed by atoms with Crippen molar-refractivity contribution in [3.05, 3.63) is 11.7 Å². The van der Waals surface area contributed by atoms with Crippen LogP contribution in [0.2, 0.25) is 0 Å². The molecule has 0 aliphatic carbocycles. The van der Waals surface area contributed by atoms with Gasteiger partial charge in [0.05, 0.1) is 5.54 Å². The maximum absolute atomic E-state index is 5.98. The van der Waals surface area contributed by atoms with Gasteiger partial charge in [-0.2, -0.15) is 4.98 Å². The summed E-state index contributed by atoms with van der Waals surface area (Å²) in [5, 5.41) is 7.66. The van der Waals surface area contributed by atoms with Crippen molar-refractivity contribution in [1.82, 2.24) is 15.5 Å². The van der Waals surface area contributed by atoms with Gasteiger partial charge in [0.15, 0.2) is 0 Å². The van der Waals surface area contributed by atoms with E-state index in [2.05, 4.69) is 22.4 Å². The van der Waals surface area contributed by atoms with Crippen molar-refractivity contribution in [2.24, 2.45) is 0 Å². The highest BCUT2D eigenvalue weighted by molar-refractivity contribution is 5.09. The molecule has 2 aliphatic rings. The molecule has 0 radical (unpaired) electrons. The molecule has 0 bridgehead atoms. The zero-order chi connectivity index (χ0) is 14.1. The van der Waals surface area contributed by atoms with Crippen LogP contribution in [0.15, 0.2) is 4.52 Å². The number of ether oxygens (including phenoxy) is 2. The van der Waals surface area contributed by atoms with Crippen LogP contribution in [0.4, 0.5) is 0 Å². The van der Waals surface area contributed by atoms with Gasteiger partial charge < -0.3 is 19.3 Å². The normalized spacial score (nSPS) is 29.7. The lowest BCUT2D eigenvalue weighted by atomic mass is 9.93. The average Bonchev–Trinajstić information content (AvgIpc) is 3.10. The molecular weight excluding hydrogens is 258 g/mol. The van der Waals surface area contributed by atoms with Crippen molar-refractivity contribution >= 4 is 0 Å². The molecule has 20 heavy (non-hydrogen) atoms. The van der Waals surface area contributed by atoms with E-state index in [1.54, 1.807) is 0 Å². The zero-order valence-corrected chi connectivity index (χ0v) is 12.3. The smallest absolute Gasteiger partial charge is 0.246 e. The molecule has 3 heterocycles. The molecule has 1 N–H and O–H groups in total. The average molecular weight is 281 g/mol. The molecule has 1 aromatic rings. The number of aromatic nitrogens is 2. The molecule has 0 aromatic carbocycles. The first-order valence-corrected chi connectivity index (χ1v) is 7.50. The van der Waals surface area contributed by atoms with Gasteiger partial charge in [-0.05, 0) is 33.2 Å². The second-order valence-electron chi connectivity index (χ2n) is 5.83. The highest BCUT2D eigenvalue weighted by atomic mass is 16.5. The van der Waals surface area contributed by atoms with Crippen LogP contribution in [-0.2, 0) is 20.6 Å². The van der Waals surface area contributed by atoms with Crippen LogP contribution in [0.3, 0.4) is 0 Å². The Balaban J connectivity index is 1.87. The van der Waals surface area contributed by atoms with Gasteiger partial charge in [0.2, 0.25) is 11.7 Å². The molecule has 0 saturated carbocycles.